The lowest BCUT2D eigenvalue weighted by atomic mass is 10.1. The molecule has 1 fully saturated rings. The Kier molecular flexibility index (Phi) is 4.30. The predicted octanol–water partition coefficient (Wildman–Crippen LogP) is 1.40. The third-order valence-corrected chi connectivity index (χ3v) is 5.10. The van der Waals surface area contributed by atoms with Gasteiger partial charge in [-0.15, -0.1) is 0 Å². The van der Waals surface area contributed by atoms with Crippen LogP contribution in [0, 0.1) is 0 Å². The second kappa shape index (κ2) is 5.63. The molecule has 7 heteroatoms. The van der Waals surface area contributed by atoms with Gasteiger partial charge in [-0.05, 0) is 18.8 Å². The Morgan fingerprint density at radius 2 is 1.89 bits per heavy atom. The monoisotopic (exact) mass is 304 g/mol. The Bertz CT molecular complexity index is 610. The molecule has 0 amide bonds. The summed E-state index contributed by atoms with van der Waals surface area (Å²) in [5.74, 6) is 1.02. The van der Waals surface area contributed by atoms with Crippen LogP contribution in [-0.2, 0) is 10.8 Å². The Labute approximate surface area is 118 Å². The van der Waals surface area contributed by atoms with E-state index in [0.717, 1.165) is 0 Å². The van der Waals surface area contributed by atoms with Crippen LogP contribution in [0.2, 0.25) is 5.15 Å². The van der Waals surface area contributed by atoms with E-state index in [4.69, 9.17) is 11.6 Å². The molecule has 1 N–H and O–H groups in total. The van der Waals surface area contributed by atoms with Gasteiger partial charge in [0.1, 0.15) is 5.15 Å². The summed E-state index contributed by atoms with van der Waals surface area (Å²) in [4.78, 5) is 26.9. The fourth-order valence-corrected chi connectivity index (χ4v) is 4.06. The second-order valence-corrected chi connectivity index (χ2v) is 7.14. The van der Waals surface area contributed by atoms with Gasteiger partial charge in [0.25, 0.3) is 5.56 Å². The molecule has 1 aliphatic rings. The first kappa shape index (κ1) is 14.5. The summed E-state index contributed by atoms with van der Waals surface area (Å²) in [6, 6.07) is -0.177. The normalized spacial score (nSPS) is 23.8. The van der Waals surface area contributed by atoms with Crippen molar-refractivity contribution in [3.05, 3.63) is 31.6 Å². The largest absolute Gasteiger partial charge is 0.329 e. The molecule has 2 rings (SSSR count). The summed E-state index contributed by atoms with van der Waals surface area (Å²) in [5.41, 5.74) is -0.355. The van der Waals surface area contributed by atoms with Crippen molar-refractivity contribution in [1.82, 2.24) is 9.55 Å². The van der Waals surface area contributed by atoms with E-state index in [1.54, 1.807) is 0 Å². The van der Waals surface area contributed by atoms with Crippen molar-refractivity contribution in [1.29, 1.82) is 0 Å². The van der Waals surface area contributed by atoms with Crippen LogP contribution in [0.1, 0.15) is 44.2 Å². The molecule has 1 aromatic rings. The number of nitrogens with zero attached hydrogens (tertiary/aromatic N) is 1. The molecule has 0 atom stereocenters. The highest BCUT2D eigenvalue weighted by Crippen LogP contribution is 2.22. The van der Waals surface area contributed by atoms with E-state index >= 15 is 0 Å². The van der Waals surface area contributed by atoms with E-state index in [1.807, 2.05) is 13.8 Å². The Balaban J connectivity index is 2.52. The van der Waals surface area contributed by atoms with E-state index in [9.17, 15) is 13.8 Å². The number of H-pyrrole nitrogens is 1. The summed E-state index contributed by atoms with van der Waals surface area (Å²) >= 11 is 5.95. The lowest BCUT2D eigenvalue weighted by molar-refractivity contribution is 0.428. The molecule has 0 aliphatic carbocycles. The molecule has 2 heterocycles. The van der Waals surface area contributed by atoms with E-state index in [1.165, 1.54) is 4.57 Å². The molecular formula is C12H17ClN2O3S. The zero-order chi connectivity index (χ0) is 14.2. The van der Waals surface area contributed by atoms with Crippen LogP contribution in [0.15, 0.2) is 9.59 Å². The molecule has 5 nitrogen and oxygen atoms in total. The standard InChI is InChI=1S/C12H17ClN2O3S/c1-7(2)9-10(13)14-12(17)15(11(9)16)8-3-5-19(18)6-4-8/h7-8H,3-6H2,1-2H3,(H,14,17). The predicted molar refractivity (Wildman–Crippen MR) is 76.6 cm³/mol. The fraction of sp³-hybridized carbons (Fsp3) is 0.667. The highest BCUT2D eigenvalue weighted by atomic mass is 35.5. The van der Waals surface area contributed by atoms with Crippen LogP contribution in [-0.4, -0.2) is 25.3 Å². The third kappa shape index (κ3) is 2.84. The number of aromatic amines is 1. The van der Waals surface area contributed by atoms with Crippen LogP contribution in [0.4, 0.5) is 0 Å². The van der Waals surface area contributed by atoms with Gasteiger partial charge in [-0.3, -0.25) is 18.6 Å². The molecule has 1 saturated heterocycles. The molecule has 0 radical (unpaired) electrons. The van der Waals surface area contributed by atoms with Gasteiger partial charge in [0, 0.05) is 28.3 Å². The van der Waals surface area contributed by atoms with E-state index in [-0.39, 0.29) is 22.7 Å². The van der Waals surface area contributed by atoms with E-state index in [0.29, 0.717) is 29.9 Å². The third-order valence-electron chi connectivity index (χ3n) is 3.42. The molecule has 19 heavy (non-hydrogen) atoms. The van der Waals surface area contributed by atoms with Crippen molar-refractivity contribution in [2.24, 2.45) is 0 Å². The van der Waals surface area contributed by atoms with E-state index in [2.05, 4.69) is 4.98 Å². The highest BCUT2D eigenvalue weighted by molar-refractivity contribution is 7.85. The first-order valence-corrected chi connectivity index (χ1v) is 8.17. The topological polar surface area (TPSA) is 71.9 Å². The van der Waals surface area contributed by atoms with Crippen LogP contribution in [0.25, 0.3) is 0 Å². The zero-order valence-corrected chi connectivity index (χ0v) is 12.5. The van der Waals surface area contributed by atoms with Crippen molar-refractivity contribution in [3.63, 3.8) is 0 Å². The minimum Gasteiger partial charge on any atom is -0.297 e. The molecule has 0 bridgehead atoms. The maximum absolute atomic E-state index is 12.4. The second-order valence-electron chi connectivity index (χ2n) is 5.07. The molecule has 0 saturated carbocycles. The molecular weight excluding hydrogens is 288 g/mol. The summed E-state index contributed by atoms with van der Waals surface area (Å²) in [5, 5.41) is 0.126. The number of hydrogen-bond acceptors (Lipinski definition) is 3. The van der Waals surface area contributed by atoms with Gasteiger partial charge in [0.2, 0.25) is 0 Å². The molecule has 0 aromatic carbocycles. The average molecular weight is 305 g/mol. The van der Waals surface area contributed by atoms with Crippen LogP contribution >= 0.6 is 11.6 Å². The van der Waals surface area contributed by atoms with Gasteiger partial charge in [-0.2, -0.15) is 0 Å². The molecule has 1 aliphatic heterocycles. The lowest BCUT2D eigenvalue weighted by Crippen LogP contribution is -2.42. The van der Waals surface area contributed by atoms with Gasteiger partial charge in [0.05, 0.1) is 5.56 Å². The van der Waals surface area contributed by atoms with E-state index < -0.39 is 16.5 Å². The quantitative estimate of drug-likeness (QED) is 0.839. The SMILES string of the molecule is CC(C)c1c(Cl)[nH]c(=O)n(C2CCS(=O)CC2)c1=O. The maximum Gasteiger partial charge on any atom is 0.329 e. The molecule has 1 aromatic heterocycles. The van der Waals surface area contributed by atoms with Crippen molar-refractivity contribution in [2.75, 3.05) is 11.5 Å². The lowest BCUT2D eigenvalue weighted by Gasteiger charge is -2.23. The number of hydrogen-bond donors (Lipinski definition) is 1. The van der Waals surface area contributed by atoms with Crippen LogP contribution in [0.5, 0.6) is 0 Å². The first-order valence-electron chi connectivity index (χ1n) is 6.31. The van der Waals surface area contributed by atoms with Gasteiger partial charge in [-0.25, -0.2) is 4.79 Å². The van der Waals surface area contributed by atoms with Crippen molar-refractivity contribution < 1.29 is 4.21 Å². The van der Waals surface area contributed by atoms with Gasteiger partial charge < -0.3 is 0 Å². The van der Waals surface area contributed by atoms with Crippen molar-refractivity contribution >= 4 is 22.4 Å². The number of aromatic nitrogens is 2. The summed E-state index contributed by atoms with van der Waals surface area (Å²) in [6.07, 6.45) is 1.18. The Morgan fingerprint density at radius 3 is 2.42 bits per heavy atom. The fourth-order valence-electron chi connectivity index (χ4n) is 2.41. The number of nitrogens with one attached hydrogen (secondary N) is 1. The van der Waals surface area contributed by atoms with Crippen LogP contribution in [0.3, 0.4) is 0 Å². The Morgan fingerprint density at radius 1 is 1.32 bits per heavy atom. The highest BCUT2D eigenvalue weighted by Gasteiger charge is 2.25. The number of halogens is 1. The maximum atomic E-state index is 12.4. The van der Waals surface area contributed by atoms with Gasteiger partial charge >= 0.3 is 5.69 Å². The van der Waals surface area contributed by atoms with Crippen molar-refractivity contribution in [2.45, 2.75) is 38.6 Å². The number of rotatable bonds is 2. The Hall–Kier alpha value is -0.880. The van der Waals surface area contributed by atoms with Gasteiger partial charge in [-0.1, -0.05) is 25.4 Å². The van der Waals surface area contributed by atoms with Crippen molar-refractivity contribution in [3.8, 4) is 0 Å². The zero-order valence-electron chi connectivity index (χ0n) is 10.9. The molecule has 0 spiro atoms. The molecule has 106 valence electrons. The first-order chi connectivity index (χ1) is 8.91. The summed E-state index contributed by atoms with van der Waals surface area (Å²) < 4.78 is 12.6. The smallest absolute Gasteiger partial charge is 0.297 e. The average Bonchev–Trinajstić information content (AvgIpc) is 2.30. The minimum atomic E-state index is -0.820. The summed E-state index contributed by atoms with van der Waals surface area (Å²) in [6.45, 7) is 3.72. The summed E-state index contributed by atoms with van der Waals surface area (Å²) in [7, 11) is -0.820. The van der Waals surface area contributed by atoms with Gasteiger partial charge in [0.15, 0.2) is 0 Å². The minimum absolute atomic E-state index is 0.0548. The molecule has 0 unspecified atom stereocenters. The van der Waals surface area contributed by atoms with Crippen LogP contribution < -0.4 is 11.2 Å².